The third-order valence-electron chi connectivity index (χ3n) is 4.80. The molecule has 2 aliphatic heterocycles. The Hall–Kier alpha value is -0.120. The lowest BCUT2D eigenvalue weighted by Crippen LogP contribution is -2.48. The first-order valence-corrected chi connectivity index (χ1v) is 7.99. The van der Waals surface area contributed by atoms with E-state index in [1.807, 2.05) is 0 Å². The van der Waals surface area contributed by atoms with Crippen molar-refractivity contribution in [3.05, 3.63) is 0 Å². The molecule has 3 heteroatoms. The smallest absolute Gasteiger partial charge is 0.0706 e. The Balaban J connectivity index is 1.95. The van der Waals surface area contributed by atoms with Gasteiger partial charge < -0.3 is 10.1 Å². The molecule has 0 radical (unpaired) electrons. The van der Waals surface area contributed by atoms with Crippen LogP contribution in [-0.2, 0) is 4.74 Å². The zero-order valence-corrected chi connectivity index (χ0v) is 13.4. The summed E-state index contributed by atoms with van der Waals surface area (Å²) < 4.78 is 6.01. The second-order valence-corrected chi connectivity index (χ2v) is 7.61. The second-order valence-electron chi connectivity index (χ2n) is 7.61. The summed E-state index contributed by atoms with van der Waals surface area (Å²) >= 11 is 0. The van der Waals surface area contributed by atoms with E-state index in [0.717, 1.165) is 19.6 Å². The fourth-order valence-electron chi connectivity index (χ4n) is 3.24. The van der Waals surface area contributed by atoms with Crippen molar-refractivity contribution in [2.45, 2.75) is 78.2 Å². The average molecular weight is 268 g/mol. The van der Waals surface area contributed by atoms with Gasteiger partial charge in [-0.15, -0.1) is 0 Å². The van der Waals surface area contributed by atoms with Crippen molar-refractivity contribution in [2.24, 2.45) is 5.41 Å². The van der Waals surface area contributed by atoms with Crippen molar-refractivity contribution < 1.29 is 4.74 Å². The van der Waals surface area contributed by atoms with Gasteiger partial charge in [-0.05, 0) is 45.1 Å². The van der Waals surface area contributed by atoms with Gasteiger partial charge in [0.25, 0.3) is 0 Å². The van der Waals surface area contributed by atoms with E-state index < -0.39 is 0 Å². The summed E-state index contributed by atoms with van der Waals surface area (Å²) in [6, 6.07) is 1.25. The maximum atomic E-state index is 6.01. The van der Waals surface area contributed by atoms with E-state index >= 15 is 0 Å². The third-order valence-corrected chi connectivity index (χ3v) is 4.80. The minimum atomic E-state index is 0.326. The minimum Gasteiger partial charge on any atom is -0.374 e. The first-order valence-electron chi connectivity index (χ1n) is 7.99. The largest absolute Gasteiger partial charge is 0.374 e. The molecule has 1 N–H and O–H groups in total. The maximum Gasteiger partial charge on any atom is 0.0706 e. The molecule has 0 spiro atoms. The predicted molar refractivity (Wildman–Crippen MR) is 80.5 cm³/mol. The number of rotatable bonds is 2. The molecule has 19 heavy (non-hydrogen) atoms. The molecular formula is C16H32N2O. The highest BCUT2D eigenvalue weighted by molar-refractivity contribution is 4.89. The van der Waals surface area contributed by atoms with E-state index in [0.29, 0.717) is 29.7 Å². The van der Waals surface area contributed by atoms with E-state index in [4.69, 9.17) is 4.74 Å². The van der Waals surface area contributed by atoms with Crippen LogP contribution in [0.5, 0.6) is 0 Å². The average Bonchev–Trinajstić information content (AvgIpc) is 2.60. The fraction of sp³-hybridized carbons (Fsp3) is 1.00. The molecular weight excluding hydrogens is 236 g/mol. The zero-order valence-electron chi connectivity index (χ0n) is 13.4. The van der Waals surface area contributed by atoms with E-state index in [9.17, 15) is 0 Å². The monoisotopic (exact) mass is 268 g/mol. The molecule has 0 aromatic heterocycles. The van der Waals surface area contributed by atoms with Crippen molar-refractivity contribution in [3.8, 4) is 0 Å². The maximum absolute atomic E-state index is 6.01. The van der Waals surface area contributed by atoms with Crippen LogP contribution in [0.4, 0.5) is 0 Å². The van der Waals surface area contributed by atoms with Crippen molar-refractivity contribution >= 4 is 0 Å². The molecule has 4 atom stereocenters. The van der Waals surface area contributed by atoms with E-state index in [1.54, 1.807) is 0 Å². The SMILES string of the molecule is CC1CCC(CN2CC(C(C)(C)C)NCCC2C)O1. The van der Waals surface area contributed by atoms with Crippen molar-refractivity contribution in [2.75, 3.05) is 19.6 Å². The Morgan fingerprint density at radius 1 is 1.16 bits per heavy atom. The van der Waals surface area contributed by atoms with Crippen LogP contribution in [0.15, 0.2) is 0 Å². The summed E-state index contributed by atoms with van der Waals surface area (Å²) in [6.45, 7) is 15.0. The zero-order chi connectivity index (χ0) is 14.0. The van der Waals surface area contributed by atoms with Crippen LogP contribution >= 0.6 is 0 Å². The van der Waals surface area contributed by atoms with Gasteiger partial charge in [-0.3, -0.25) is 4.90 Å². The fourth-order valence-corrected chi connectivity index (χ4v) is 3.24. The molecule has 2 rings (SSSR count). The summed E-state index contributed by atoms with van der Waals surface area (Å²) in [6.07, 6.45) is 4.63. The Morgan fingerprint density at radius 2 is 1.89 bits per heavy atom. The van der Waals surface area contributed by atoms with Crippen LogP contribution in [0.2, 0.25) is 0 Å². The van der Waals surface area contributed by atoms with Gasteiger partial charge in [-0.1, -0.05) is 20.8 Å². The summed E-state index contributed by atoms with van der Waals surface area (Å²) in [5, 5.41) is 3.73. The molecule has 0 aromatic rings. The van der Waals surface area contributed by atoms with Gasteiger partial charge in [0.15, 0.2) is 0 Å². The normalized spacial score (nSPS) is 38.4. The summed E-state index contributed by atoms with van der Waals surface area (Å²) in [4.78, 5) is 2.65. The molecule has 0 amide bonds. The highest BCUT2D eigenvalue weighted by Crippen LogP contribution is 2.26. The van der Waals surface area contributed by atoms with Crippen LogP contribution < -0.4 is 5.32 Å². The Labute approximate surface area is 119 Å². The van der Waals surface area contributed by atoms with E-state index in [2.05, 4.69) is 44.8 Å². The highest BCUT2D eigenvalue weighted by Gasteiger charge is 2.33. The Kier molecular flexibility index (Phi) is 4.91. The molecule has 2 fully saturated rings. The first-order chi connectivity index (χ1) is 8.86. The van der Waals surface area contributed by atoms with Crippen LogP contribution in [0.1, 0.15) is 53.9 Å². The van der Waals surface area contributed by atoms with Gasteiger partial charge in [0, 0.05) is 25.2 Å². The molecule has 2 heterocycles. The molecule has 0 bridgehead atoms. The van der Waals surface area contributed by atoms with Crippen LogP contribution in [0.25, 0.3) is 0 Å². The van der Waals surface area contributed by atoms with Gasteiger partial charge in [0.2, 0.25) is 0 Å². The Bertz CT molecular complexity index is 287. The third kappa shape index (κ3) is 4.17. The van der Waals surface area contributed by atoms with Gasteiger partial charge in [-0.2, -0.15) is 0 Å². The standard InChI is InChI=1S/C16H32N2O/c1-12-8-9-17-15(16(3,4)5)11-18(12)10-14-7-6-13(2)19-14/h12-15,17H,6-11H2,1-5H3. The summed E-state index contributed by atoms with van der Waals surface area (Å²) in [5.41, 5.74) is 0.326. The lowest BCUT2D eigenvalue weighted by Gasteiger charge is -2.36. The molecule has 0 saturated carbocycles. The predicted octanol–water partition coefficient (Wildman–Crippen LogP) is 2.65. The van der Waals surface area contributed by atoms with E-state index in [1.165, 1.54) is 19.3 Å². The molecule has 3 nitrogen and oxygen atoms in total. The Morgan fingerprint density at radius 3 is 2.47 bits per heavy atom. The molecule has 4 unspecified atom stereocenters. The second kappa shape index (κ2) is 6.11. The van der Waals surface area contributed by atoms with Crippen molar-refractivity contribution in [1.82, 2.24) is 10.2 Å². The van der Waals surface area contributed by atoms with Gasteiger partial charge in [0.1, 0.15) is 0 Å². The molecule has 0 aromatic carbocycles. The molecule has 112 valence electrons. The van der Waals surface area contributed by atoms with Gasteiger partial charge in [0.05, 0.1) is 12.2 Å². The highest BCUT2D eigenvalue weighted by atomic mass is 16.5. The number of hydrogen-bond acceptors (Lipinski definition) is 3. The topological polar surface area (TPSA) is 24.5 Å². The van der Waals surface area contributed by atoms with E-state index in [-0.39, 0.29) is 0 Å². The minimum absolute atomic E-state index is 0.326. The quantitative estimate of drug-likeness (QED) is 0.833. The molecule has 2 saturated heterocycles. The van der Waals surface area contributed by atoms with Crippen LogP contribution in [0, 0.1) is 5.41 Å². The molecule has 2 aliphatic rings. The number of hydrogen-bond donors (Lipinski definition) is 1. The lowest BCUT2D eigenvalue weighted by atomic mass is 9.86. The number of nitrogens with one attached hydrogen (secondary N) is 1. The number of ether oxygens (including phenoxy) is 1. The summed E-state index contributed by atoms with van der Waals surface area (Å²) in [5.74, 6) is 0. The summed E-state index contributed by atoms with van der Waals surface area (Å²) in [7, 11) is 0. The van der Waals surface area contributed by atoms with Gasteiger partial charge >= 0.3 is 0 Å². The van der Waals surface area contributed by atoms with Gasteiger partial charge in [-0.25, -0.2) is 0 Å². The first kappa shape index (κ1) is 15.3. The lowest BCUT2D eigenvalue weighted by molar-refractivity contribution is 0.0197. The van der Waals surface area contributed by atoms with Crippen molar-refractivity contribution in [3.63, 3.8) is 0 Å². The van der Waals surface area contributed by atoms with Crippen LogP contribution in [0.3, 0.4) is 0 Å². The van der Waals surface area contributed by atoms with Crippen LogP contribution in [-0.4, -0.2) is 48.8 Å². The number of nitrogens with zero attached hydrogens (tertiary/aromatic N) is 1. The molecule has 0 aliphatic carbocycles. The van der Waals surface area contributed by atoms with Crippen molar-refractivity contribution in [1.29, 1.82) is 0 Å².